The maximum absolute atomic E-state index is 13.3. The molecule has 0 spiro atoms. The lowest BCUT2D eigenvalue weighted by Crippen LogP contribution is -2.60. The van der Waals surface area contributed by atoms with Crippen LogP contribution in [0.4, 0.5) is 10.5 Å². The topological polar surface area (TPSA) is 61.9 Å². The number of hydrogen-bond donors (Lipinski definition) is 1. The van der Waals surface area contributed by atoms with Gasteiger partial charge in [-0.2, -0.15) is 0 Å². The molecule has 5 rings (SSSR count). The van der Waals surface area contributed by atoms with Gasteiger partial charge in [0.25, 0.3) is 0 Å². The summed E-state index contributed by atoms with van der Waals surface area (Å²) in [5, 5.41) is 3.03. The largest absolute Gasteiger partial charge is 0.465 e. The highest BCUT2D eigenvalue weighted by molar-refractivity contribution is 5.94. The van der Waals surface area contributed by atoms with Crippen LogP contribution in [0.1, 0.15) is 48.9 Å². The predicted molar refractivity (Wildman–Crippen MR) is 115 cm³/mol. The summed E-state index contributed by atoms with van der Waals surface area (Å²) in [6, 6.07) is 7.83. The van der Waals surface area contributed by atoms with Gasteiger partial charge < -0.3 is 15.0 Å². The van der Waals surface area contributed by atoms with E-state index in [1.807, 2.05) is 11.0 Å². The number of piperidine rings is 3. The molecule has 6 heteroatoms. The van der Waals surface area contributed by atoms with E-state index in [0.717, 1.165) is 25.9 Å². The first-order chi connectivity index (χ1) is 14.6. The molecular weight excluding hydrogens is 378 g/mol. The van der Waals surface area contributed by atoms with Crippen LogP contribution >= 0.6 is 0 Å². The lowest BCUT2D eigenvalue weighted by molar-refractivity contribution is 0.00908. The Morgan fingerprint density at radius 2 is 2.07 bits per heavy atom. The molecule has 4 atom stereocenters. The zero-order valence-electron chi connectivity index (χ0n) is 17.7. The smallest absolute Gasteiger partial charge is 0.337 e. The first kappa shape index (κ1) is 19.6. The van der Waals surface area contributed by atoms with Crippen molar-refractivity contribution in [2.24, 2.45) is 11.8 Å². The van der Waals surface area contributed by atoms with Crippen molar-refractivity contribution < 1.29 is 14.3 Å². The fraction of sp³-hybridized carbons (Fsp3) is 0.583. The van der Waals surface area contributed by atoms with E-state index in [9.17, 15) is 9.59 Å². The summed E-state index contributed by atoms with van der Waals surface area (Å²) in [6.45, 7) is 3.11. The first-order valence-corrected chi connectivity index (χ1v) is 11.3. The Bertz CT molecular complexity index is 867. The van der Waals surface area contributed by atoms with Crippen LogP contribution in [0.2, 0.25) is 0 Å². The van der Waals surface area contributed by atoms with Gasteiger partial charge in [-0.3, -0.25) is 4.90 Å². The second kappa shape index (κ2) is 8.06. The Morgan fingerprint density at radius 1 is 1.17 bits per heavy atom. The Labute approximate surface area is 178 Å². The summed E-state index contributed by atoms with van der Waals surface area (Å²) >= 11 is 0. The van der Waals surface area contributed by atoms with Crippen LogP contribution in [-0.2, 0) is 4.74 Å². The van der Waals surface area contributed by atoms with Crippen molar-refractivity contribution in [1.29, 1.82) is 0 Å². The van der Waals surface area contributed by atoms with Crippen LogP contribution in [-0.4, -0.2) is 60.6 Å². The summed E-state index contributed by atoms with van der Waals surface area (Å²) in [5.41, 5.74) is 2.55. The molecule has 30 heavy (non-hydrogen) atoms. The molecule has 160 valence electrons. The quantitative estimate of drug-likeness (QED) is 0.594. The molecule has 0 aromatic heterocycles. The van der Waals surface area contributed by atoms with Crippen LogP contribution < -0.4 is 5.32 Å². The number of nitrogens with zero attached hydrogens (tertiary/aromatic N) is 2. The van der Waals surface area contributed by atoms with E-state index < -0.39 is 5.97 Å². The lowest BCUT2D eigenvalue weighted by atomic mass is 9.68. The van der Waals surface area contributed by atoms with Gasteiger partial charge in [-0.25, -0.2) is 9.59 Å². The highest BCUT2D eigenvalue weighted by atomic mass is 16.5. The molecule has 3 saturated heterocycles. The van der Waals surface area contributed by atoms with E-state index in [2.05, 4.69) is 16.3 Å². The number of methoxy groups -OCH3 is 1. The van der Waals surface area contributed by atoms with Gasteiger partial charge >= 0.3 is 12.0 Å². The van der Waals surface area contributed by atoms with Crippen molar-refractivity contribution in [2.75, 3.05) is 32.1 Å². The number of benzene rings is 1. The number of anilines is 1. The number of amides is 2. The molecule has 6 nitrogen and oxygen atoms in total. The summed E-state index contributed by atoms with van der Waals surface area (Å²) in [5.74, 6) is 0.790. The highest BCUT2D eigenvalue weighted by Gasteiger charge is 2.46. The third-order valence-corrected chi connectivity index (χ3v) is 7.45. The van der Waals surface area contributed by atoms with Crippen molar-refractivity contribution in [3.63, 3.8) is 0 Å². The van der Waals surface area contributed by atoms with Crippen LogP contribution in [0.3, 0.4) is 0 Å². The summed E-state index contributed by atoms with van der Waals surface area (Å²) in [4.78, 5) is 29.8. The molecule has 0 radical (unpaired) electrons. The van der Waals surface area contributed by atoms with Crippen LogP contribution in [0.15, 0.2) is 35.9 Å². The molecule has 4 aliphatic rings. The number of likely N-dealkylation sites (tertiary alicyclic amines) is 1. The minimum atomic E-state index is -0.397. The Kier molecular flexibility index (Phi) is 5.27. The van der Waals surface area contributed by atoms with Crippen LogP contribution in [0.25, 0.3) is 0 Å². The standard InChI is InChI=1S/C24H31N3O3/c1-30-23(28)17-6-4-8-20(14-17)25-24(29)27-11-5-7-16-12-18-13-19(22(16)27)15-26-10-3-2-9-21(18)26/h4,6,8,12,14,18-19,21-22H,2-3,5,7,9-11,13,15H2,1H3,(H,25,29)/t18-,19-,21+,22-/m0/s1. The number of nitrogens with one attached hydrogen (secondary N) is 1. The number of urea groups is 1. The van der Waals surface area contributed by atoms with Crippen LogP contribution in [0, 0.1) is 11.8 Å². The molecule has 0 saturated carbocycles. The number of rotatable bonds is 2. The molecule has 2 amide bonds. The Balaban J connectivity index is 1.36. The molecule has 3 aliphatic heterocycles. The van der Waals surface area contributed by atoms with Crippen molar-refractivity contribution in [3.05, 3.63) is 41.5 Å². The fourth-order valence-electron chi connectivity index (χ4n) is 6.24. The van der Waals surface area contributed by atoms with Crippen molar-refractivity contribution in [3.8, 4) is 0 Å². The number of hydrogen-bond acceptors (Lipinski definition) is 4. The second-order valence-corrected chi connectivity index (χ2v) is 9.20. The molecule has 0 unspecified atom stereocenters. The maximum atomic E-state index is 13.3. The van der Waals surface area contributed by atoms with Gasteiger partial charge in [-0.15, -0.1) is 0 Å². The highest BCUT2D eigenvalue weighted by Crippen LogP contribution is 2.45. The lowest BCUT2D eigenvalue weighted by Gasteiger charge is -2.54. The normalized spacial score (nSPS) is 30.6. The Morgan fingerprint density at radius 3 is 2.93 bits per heavy atom. The molecule has 1 aliphatic carbocycles. The van der Waals surface area contributed by atoms with E-state index in [0.29, 0.717) is 29.1 Å². The zero-order chi connectivity index (χ0) is 20.7. The molecule has 3 fully saturated rings. The van der Waals surface area contributed by atoms with Crippen molar-refractivity contribution in [2.45, 2.75) is 50.6 Å². The fourth-order valence-corrected chi connectivity index (χ4v) is 6.24. The van der Waals surface area contributed by atoms with Gasteiger partial charge in [-0.1, -0.05) is 24.1 Å². The molecule has 2 bridgehead atoms. The molecule has 3 heterocycles. The van der Waals surface area contributed by atoms with E-state index >= 15 is 0 Å². The average Bonchev–Trinajstić information content (AvgIpc) is 2.78. The third kappa shape index (κ3) is 3.51. The molecule has 1 N–H and O–H groups in total. The monoisotopic (exact) mass is 409 g/mol. The first-order valence-electron chi connectivity index (χ1n) is 11.3. The second-order valence-electron chi connectivity index (χ2n) is 9.20. The van der Waals surface area contributed by atoms with E-state index in [1.165, 1.54) is 44.9 Å². The van der Waals surface area contributed by atoms with E-state index in [1.54, 1.807) is 18.2 Å². The van der Waals surface area contributed by atoms with E-state index in [4.69, 9.17) is 4.74 Å². The SMILES string of the molecule is COC(=O)c1cccc(NC(=O)N2CCCC3=C[C@H]4C[C@@H](CN5CCCC[C@H]45)[C@H]32)c1. The Hall–Kier alpha value is -2.34. The van der Waals surface area contributed by atoms with Gasteiger partial charge in [0.1, 0.15) is 0 Å². The number of ether oxygens (including phenoxy) is 1. The van der Waals surface area contributed by atoms with Gasteiger partial charge in [0.2, 0.25) is 0 Å². The average molecular weight is 410 g/mol. The minimum absolute atomic E-state index is 0.0631. The van der Waals surface area contributed by atoms with Gasteiger partial charge in [-0.05, 0) is 68.7 Å². The van der Waals surface area contributed by atoms with Crippen molar-refractivity contribution in [1.82, 2.24) is 9.80 Å². The number of carbonyl (C=O) groups is 2. The molecule has 1 aromatic rings. The number of carbonyl (C=O) groups excluding carboxylic acids is 2. The molecule has 1 aromatic carbocycles. The summed E-state index contributed by atoms with van der Waals surface area (Å²) in [6.07, 6.45) is 9.86. The number of esters is 1. The van der Waals surface area contributed by atoms with Gasteiger partial charge in [0.15, 0.2) is 0 Å². The molecular formula is C24H31N3O3. The maximum Gasteiger partial charge on any atom is 0.337 e. The predicted octanol–water partition coefficient (Wildman–Crippen LogP) is 3.90. The summed E-state index contributed by atoms with van der Waals surface area (Å²) in [7, 11) is 1.36. The number of fused-ring (bicyclic) bond motifs is 6. The zero-order valence-corrected chi connectivity index (χ0v) is 17.7. The van der Waals surface area contributed by atoms with Gasteiger partial charge in [0, 0.05) is 24.8 Å². The minimum Gasteiger partial charge on any atom is -0.465 e. The van der Waals surface area contributed by atoms with E-state index in [-0.39, 0.29) is 12.1 Å². The van der Waals surface area contributed by atoms with Crippen molar-refractivity contribution >= 4 is 17.7 Å². The van der Waals surface area contributed by atoms with Gasteiger partial charge in [0.05, 0.1) is 18.7 Å². The third-order valence-electron chi connectivity index (χ3n) is 7.45. The summed E-state index contributed by atoms with van der Waals surface area (Å²) < 4.78 is 4.80. The van der Waals surface area contributed by atoms with Crippen LogP contribution in [0.5, 0.6) is 0 Å².